The van der Waals surface area contributed by atoms with Crippen molar-refractivity contribution in [2.45, 2.75) is 40.7 Å². The molecule has 0 aliphatic carbocycles. The molecular weight excluding hydrogens is 252 g/mol. The summed E-state index contributed by atoms with van der Waals surface area (Å²) in [7, 11) is 1.82. The second-order valence-corrected chi connectivity index (χ2v) is 6.22. The topological polar surface area (TPSA) is 49.4 Å². The van der Waals surface area contributed by atoms with Crippen LogP contribution >= 0.6 is 0 Å². The number of anilines is 1. The summed E-state index contributed by atoms with van der Waals surface area (Å²) in [4.78, 5) is 25.1. The molecule has 0 heterocycles. The first-order valence-corrected chi connectivity index (χ1v) is 6.77. The number of amides is 2. The lowest BCUT2D eigenvalue weighted by Gasteiger charge is -2.35. The van der Waals surface area contributed by atoms with Gasteiger partial charge in [-0.1, -0.05) is 20.8 Å². The first-order chi connectivity index (χ1) is 9.12. The van der Waals surface area contributed by atoms with Crippen LogP contribution in [0.1, 0.15) is 45.0 Å². The van der Waals surface area contributed by atoms with Crippen LogP contribution in [0, 0.1) is 5.41 Å². The van der Waals surface area contributed by atoms with Crippen LogP contribution in [0.15, 0.2) is 24.3 Å². The third kappa shape index (κ3) is 4.08. The molecule has 0 saturated heterocycles. The van der Waals surface area contributed by atoms with E-state index in [1.807, 2.05) is 14.0 Å². The fourth-order valence-electron chi connectivity index (χ4n) is 1.86. The first-order valence-electron chi connectivity index (χ1n) is 6.77. The Balaban J connectivity index is 2.85. The van der Waals surface area contributed by atoms with E-state index in [-0.39, 0.29) is 23.3 Å². The van der Waals surface area contributed by atoms with E-state index in [4.69, 9.17) is 0 Å². The molecular formula is C16H24N2O2. The summed E-state index contributed by atoms with van der Waals surface area (Å²) in [5.41, 5.74) is 1.35. The van der Waals surface area contributed by atoms with E-state index in [0.29, 0.717) is 11.3 Å². The molecule has 1 aromatic carbocycles. The van der Waals surface area contributed by atoms with Gasteiger partial charge in [0, 0.05) is 31.3 Å². The smallest absolute Gasteiger partial charge is 0.253 e. The van der Waals surface area contributed by atoms with Crippen molar-refractivity contribution >= 4 is 17.5 Å². The van der Waals surface area contributed by atoms with Crippen molar-refractivity contribution in [3.63, 3.8) is 0 Å². The van der Waals surface area contributed by atoms with Crippen molar-refractivity contribution in [2.24, 2.45) is 5.41 Å². The highest BCUT2D eigenvalue weighted by molar-refractivity contribution is 5.95. The van der Waals surface area contributed by atoms with Gasteiger partial charge in [-0.15, -0.1) is 0 Å². The fraction of sp³-hybridized carbons (Fsp3) is 0.500. The average Bonchev–Trinajstić information content (AvgIpc) is 2.35. The highest BCUT2D eigenvalue weighted by Gasteiger charge is 2.27. The molecule has 0 aliphatic heterocycles. The maximum atomic E-state index is 12.4. The van der Waals surface area contributed by atoms with Crippen LogP contribution in [0.2, 0.25) is 0 Å². The second-order valence-electron chi connectivity index (χ2n) is 6.22. The molecule has 110 valence electrons. The predicted octanol–water partition coefficient (Wildman–Crippen LogP) is 3.15. The van der Waals surface area contributed by atoms with Gasteiger partial charge in [0.1, 0.15) is 0 Å². The van der Waals surface area contributed by atoms with E-state index in [0.717, 1.165) is 0 Å². The van der Waals surface area contributed by atoms with Gasteiger partial charge in [-0.2, -0.15) is 0 Å². The van der Waals surface area contributed by atoms with Crippen LogP contribution in [0.5, 0.6) is 0 Å². The zero-order valence-corrected chi connectivity index (χ0v) is 13.2. The van der Waals surface area contributed by atoms with Crippen molar-refractivity contribution in [1.82, 2.24) is 4.90 Å². The minimum absolute atomic E-state index is 0.0122. The fourth-order valence-corrected chi connectivity index (χ4v) is 1.86. The Kier molecular flexibility index (Phi) is 4.93. The van der Waals surface area contributed by atoms with Crippen LogP contribution in [-0.4, -0.2) is 29.8 Å². The molecule has 0 aromatic heterocycles. The molecule has 0 spiro atoms. The molecule has 0 saturated carbocycles. The van der Waals surface area contributed by atoms with E-state index < -0.39 is 0 Å². The van der Waals surface area contributed by atoms with Crippen molar-refractivity contribution in [1.29, 1.82) is 0 Å². The highest BCUT2D eigenvalue weighted by atomic mass is 16.2. The Morgan fingerprint density at radius 2 is 1.65 bits per heavy atom. The number of benzene rings is 1. The molecule has 1 rings (SSSR count). The zero-order valence-electron chi connectivity index (χ0n) is 13.2. The summed E-state index contributed by atoms with van der Waals surface area (Å²) in [6, 6.07) is 7.08. The molecule has 0 unspecified atom stereocenters. The normalized spacial score (nSPS) is 12.7. The third-order valence-electron chi connectivity index (χ3n) is 3.61. The minimum atomic E-state index is -0.123. The van der Waals surface area contributed by atoms with Crippen molar-refractivity contribution < 1.29 is 9.59 Å². The third-order valence-corrected chi connectivity index (χ3v) is 3.61. The molecule has 1 N–H and O–H groups in total. The summed E-state index contributed by atoms with van der Waals surface area (Å²) in [5, 5.41) is 2.68. The lowest BCUT2D eigenvalue weighted by atomic mass is 9.87. The number of nitrogens with zero attached hydrogens (tertiary/aromatic N) is 1. The van der Waals surface area contributed by atoms with E-state index in [1.165, 1.54) is 6.92 Å². The molecule has 4 heteroatoms. The number of hydrogen-bond donors (Lipinski definition) is 1. The molecule has 2 amide bonds. The number of nitrogens with one attached hydrogen (secondary N) is 1. The summed E-state index contributed by atoms with van der Waals surface area (Å²) < 4.78 is 0. The minimum Gasteiger partial charge on any atom is -0.338 e. The SMILES string of the molecule is CC(=O)Nc1ccc(C(=O)N(C)[C@H](C)C(C)(C)C)cc1. The van der Waals surface area contributed by atoms with E-state index in [9.17, 15) is 9.59 Å². The van der Waals surface area contributed by atoms with Crippen LogP contribution in [-0.2, 0) is 4.79 Å². The summed E-state index contributed by atoms with van der Waals surface area (Å²) >= 11 is 0. The predicted molar refractivity (Wildman–Crippen MR) is 81.8 cm³/mol. The quantitative estimate of drug-likeness (QED) is 0.922. The van der Waals surface area contributed by atoms with Crippen LogP contribution in [0.25, 0.3) is 0 Å². The molecule has 1 aromatic rings. The second kappa shape index (κ2) is 6.07. The molecule has 0 fully saturated rings. The van der Waals surface area contributed by atoms with Gasteiger partial charge >= 0.3 is 0 Å². The lowest BCUT2D eigenvalue weighted by Crippen LogP contribution is -2.42. The van der Waals surface area contributed by atoms with Crippen LogP contribution < -0.4 is 5.32 Å². The monoisotopic (exact) mass is 276 g/mol. The Labute approximate surface area is 121 Å². The van der Waals surface area contributed by atoms with Gasteiger partial charge in [0.2, 0.25) is 5.91 Å². The number of carbonyl (C=O) groups is 2. The molecule has 4 nitrogen and oxygen atoms in total. The Morgan fingerprint density at radius 1 is 1.15 bits per heavy atom. The highest BCUT2D eigenvalue weighted by Crippen LogP contribution is 2.24. The number of carbonyl (C=O) groups excluding carboxylic acids is 2. The first kappa shape index (κ1) is 16.2. The van der Waals surface area contributed by atoms with Gasteiger partial charge in [0.25, 0.3) is 5.91 Å². The van der Waals surface area contributed by atoms with Gasteiger partial charge in [-0.3, -0.25) is 9.59 Å². The molecule has 0 radical (unpaired) electrons. The average molecular weight is 276 g/mol. The van der Waals surface area contributed by atoms with Gasteiger partial charge in [0.05, 0.1) is 0 Å². The van der Waals surface area contributed by atoms with Crippen molar-refractivity contribution in [2.75, 3.05) is 12.4 Å². The standard InChI is InChI=1S/C16H24N2O2/c1-11(16(3,4)5)18(6)15(20)13-7-9-14(10-8-13)17-12(2)19/h7-11H,1-6H3,(H,17,19)/t11-/m1/s1. The molecule has 0 aliphatic rings. The zero-order chi connectivity index (χ0) is 15.5. The summed E-state index contributed by atoms with van der Waals surface area (Å²) in [5.74, 6) is -0.135. The maximum Gasteiger partial charge on any atom is 0.253 e. The van der Waals surface area contributed by atoms with Crippen molar-refractivity contribution in [3.8, 4) is 0 Å². The molecule has 0 bridgehead atoms. The van der Waals surface area contributed by atoms with Gasteiger partial charge in [0.15, 0.2) is 0 Å². The van der Waals surface area contributed by atoms with E-state index in [1.54, 1.807) is 29.2 Å². The van der Waals surface area contributed by atoms with Crippen LogP contribution in [0.4, 0.5) is 5.69 Å². The summed E-state index contributed by atoms with van der Waals surface area (Å²) in [6.45, 7) is 9.84. The number of rotatable bonds is 3. The largest absolute Gasteiger partial charge is 0.338 e. The Morgan fingerprint density at radius 3 is 2.05 bits per heavy atom. The van der Waals surface area contributed by atoms with Gasteiger partial charge in [-0.25, -0.2) is 0 Å². The lowest BCUT2D eigenvalue weighted by molar-refractivity contribution is -0.114. The Hall–Kier alpha value is -1.84. The van der Waals surface area contributed by atoms with Crippen molar-refractivity contribution in [3.05, 3.63) is 29.8 Å². The molecule has 1 atom stereocenters. The Bertz CT molecular complexity index is 486. The van der Waals surface area contributed by atoms with Crippen LogP contribution in [0.3, 0.4) is 0 Å². The van der Waals surface area contributed by atoms with Gasteiger partial charge < -0.3 is 10.2 Å². The maximum absolute atomic E-state index is 12.4. The van der Waals surface area contributed by atoms with E-state index >= 15 is 0 Å². The van der Waals surface area contributed by atoms with Gasteiger partial charge in [-0.05, 0) is 36.6 Å². The summed E-state index contributed by atoms with van der Waals surface area (Å²) in [6.07, 6.45) is 0. The molecule has 20 heavy (non-hydrogen) atoms. The number of hydrogen-bond acceptors (Lipinski definition) is 2. The van der Waals surface area contributed by atoms with E-state index in [2.05, 4.69) is 26.1 Å².